The van der Waals surface area contributed by atoms with E-state index in [1.165, 1.54) is 18.0 Å². The lowest BCUT2D eigenvalue weighted by molar-refractivity contribution is -0.138. The van der Waals surface area contributed by atoms with Crippen LogP contribution in [0.25, 0.3) is 11.3 Å². The Balaban J connectivity index is 2.96. The fraction of sp³-hybridized carbons (Fsp3) is 0.214. The number of hydrogen-bond donors (Lipinski definition) is 3. The Morgan fingerprint density at radius 3 is 2.43 bits per heavy atom. The van der Waals surface area contributed by atoms with Crippen molar-refractivity contribution in [1.29, 1.82) is 5.26 Å². The smallest absolute Gasteiger partial charge is 0.335 e. The van der Waals surface area contributed by atoms with E-state index >= 15 is 0 Å². The number of anilines is 1. The van der Waals surface area contributed by atoms with Gasteiger partial charge in [0.15, 0.2) is 0 Å². The van der Waals surface area contributed by atoms with Crippen molar-refractivity contribution in [2.24, 2.45) is 0 Å². The second kappa shape index (κ2) is 7.00. The zero-order valence-electron chi connectivity index (χ0n) is 13.9. The Labute approximate surface area is 154 Å². The van der Waals surface area contributed by atoms with E-state index < -0.39 is 67.1 Å². The number of nitrogen functional groups attached to an aromatic ring is 1. The average Bonchev–Trinajstić information content (AvgIpc) is 2.57. The number of halogens is 4. The molecule has 0 amide bonds. The molecule has 0 aliphatic rings. The number of aromatic amines is 1. The number of sulfonamides is 1. The number of nitrogens with two attached hydrogens (primary N) is 1. The summed E-state index contributed by atoms with van der Waals surface area (Å²) in [5, 5.41) is 9.03. The molecule has 28 heavy (non-hydrogen) atoms. The summed E-state index contributed by atoms with van der Waals surface area (Å²) in [7, 11) is -4.00. The Hall–Kier alpha value is -3.34. The third-order valence-electron chi connectivity index (χ3n) is 3.56. The molecule has 9 nitrogen and oxygen atoms in total. The molecule has 0 aliphatic heterocycles. The number of aromatic nitrogens is 2. The van der Waals surface area contributed by atoms with Gasteiger partial charge in [0.05, 0.1) is 22.7 Å². The maximum absolute atomic E-state index is 14.5. The second-order valence-corrected chi connectivity index (χ2v) is 7.36. The SMILES string of the molecule is CCS(=O)(=O)Nc1cc(-c2c(C(F)(F)F)c(=O)[nH]c(=O)n2N)c(F)cc1C#N. The zero-order chi connectivity index (χ0) is 21.4. The van der Waals surface area contributed by atoms with Crippen molar-refractivity contribution >= 4 is 15.7 Å². The third kappa shape index (κ3) is 3.83. The van der Waals surface area contributed by atoms with E-state index in [1.54, 1.807) is 0 Å². The largest absolute Gasteiger partial charge is 0.423 e. The number of nitrogens with one attached hydrogen (secondary N) is 2. The lowest BCUT2D eigenvalue weighted by Gasteiger charge is -2.17. The van der Waals surface area contributed by atoms with Crippen LogP contribution in [0, 0.1) is 17.1 Å². The van der Waals surface area contributed by atoms with Crippen molar-refractivity contribution in [3.05, 3.63) is 49.9 Å². The molecule has 0 atom stereocenters. The van der Waals surface area contributed by atoms with Gasteiger partial charge in [-0.3, -0.25) is 14.5 Å². The standard InChI is InChI=1S/C14H11F4N5O4S/c1-2-28(26,27)22-9-4-7(8(15)3-6(9)5-19)11-10(14(16,17)18)12(24)21-13(25)23(11)20/h3-4,22H,2,20H2,1H3,(H,21,24,25). The summed E-state index contributed by atoms with van der Waals surface area (Å²) in [6.07, 6.45) is -5.33. The monoisotopic (exact) mass is 421 g/mol. The number of benzene rings is 1. The summed E-state index contributed by atoms with van der Waals surface area (Å²) in [4.78, 5) is 24.7. The number of rotatable bonds is 4. The molecule has 150 valence electrons. The molecule has 0 saturated carbocycles. The Morgan fingerprint density at radius 2 is 1.93 bits per heavy atom. The van der Waals surface area contributed by atoms with E-state index in [0.717, 1.165) is 0 Å². The van der Waals surface area contributed by atoms with E-state index in [4.69, 9.17) is 11.1 Å². The van der Waals surface area contributed by atoms with E-state index in [9.17, 15) is 35.6 Å². The van der Waals surface area contributed by atoms with Gasteiger partial charge in [0.2, 0.25) is 10.0 Å². The Morgan fingerprint density at radius 1 is 1.32 bits per heavy atom. The van der Waals surface area contributed by atoms with Gasteiger partial charge in [-0.05, 0) is 19.1 Å². The van der Waals surface area contributed by atoms with E-state index in [-0.39, 0.29) is 4.68 Å². The molecule has 0 aliphatic carbocycles. The minimum atomic E-state index is -5.33. The number of H-pyrrole nitrogens is 1. The first kappa shape index (κ1) is 21.0. The zero-order valence-corrected chi connectivity index (χ0v) is 14.7. The van der Waals surface area contributed by atoms with E-state index in [0.29, 0.717) is 12.1 Å². The van der Waals surface area contributed by atoms with Gasteiger partial charge in [0.25, 0.3) is 5.56 Å². The van der Waals surface area contributed by atoms with Crippen LogP contribution in [0.2, 0.25) is 0 Å². The molecule has 4 N–H and O–H groups in total. The molecule has 1 heterocycles. The molecular formula is C14H11F4N5O4S. The normalized spacial score (nSPS) is 11.9. The van der Waals surface area contributed by atoms with Crippen molar-refractivity contribution in [3.63, 3.8) is 0 Å². The van der Waals surface area contributed by atoms with Crippen LogP contribution in [-0.2, 0) is 16.2 Å². The number of alkyl halides is 3. The summed E-state index contributed by atoms with van der Waals surface area (Å²) in [5.41, 5.74) is -8.74. The summed E-state index contributed by atoms with van der Waals surface area (Å²) in [6.45, 7) is 1.24. The predicted molar refractivity (Wildman–Crippen MR) is 89.7 cm³/mol. The van der Waals surface area contributed by atoms with Crippen molar-refractivity contribution < 1.29 is 26.0 Å². The van der Waals surface area contributed by atoms with Crippen LogP contribution in [-0.4, -0.2) is 23.8 Å². The summed E-state index contributed by atoms with van der Waals surface area (Å²) in [6, 6.07) is 2.49. The molecule has 0 saturated heterocycles. The highest BCUT2D eigenvalue weighted by Crippen LogP contribution is 2.36. The van der Waals surface area contributed by atoms with Crippen LogP contribution in [0.15, 0.2) is 21.7 Å². The van der Waals surface area contributed by atoms with Crippen LogP contribution in [0.5, 0.6) is 0 Å². The van der Waals surface area contributed by atoms with E-state index in [2.05, 4.69) is 0 Å². The van der Waals surface area contributed by atoms with Gasteiger partial charge >= 0.3 is 11.9 Å². The highest BCUT2D eigenvalue weighted by atomic mass is 32.2. The van der Waals surface area contributed by atoms with E-state index in [1.807, 2.05) is 4.72 Å². The predicted octanol–water partition coefficient (Wildman–Crippen LogP) is 0.709. The quantitative estimate of drug-likeness (QED) is 0.489. The molecule has 1 aromatic heterocycles. The molecule has 1 aromatic carbocycles. The molecule has 2 aromatic rings. The van der Waals surface area contributed by atoms with Gasteiger partial charge < -0.3 is 5.84 Å². The molecule has 0 spiro atoms. The molecule has 2 rings (SSSR count). The van der Waals surface area contributed by atoms with Gasteiger partial charge in [-0.2, -0.15) is 18.4 Å². The number of nitrogens with zero attached hydrogens (tertiary/aromatic N) is 2. The molecule has 14 heteroatoms. The molecular weight excluding hydrogens is 410 g/mol. The fourth-order valence-electron chi connectivity index (χ4n) is 2.25. The molecule has 0 bridgehead atoms. The minimum Gasteiger partial charge on any atom is -0.335 e. The van der Waals surface area contributed by atoms with Crippen LogP contribution >= 0.6 is 0 Å². The van der Waals surface area contributed by atoms with Gasteiger partial charge in [0, 0.05) is 5.56 Å². The van der Waals surface area contributed by atoms with Gasteiger partial charge in [-0.25, -0.2) is 22.3 Å². The number of hydrogen-bond acceptors (Lipinski definition) is 6. The third-order valence-corrected chi connectivity index (χ3v) is 4.85. The van der Waals surface area contributed by atoms with Crippen molar-refractivity contribution in [2.45, 2.75) is 13.1 Å². The number of nitriles is 1. The lowest BCUT2D eigenvalue weighted by Crippen LogP contribution is -2.40. The maximum Gasteiger partial charge on any atom is 0.423 e. The Kier molecular flexibility index (Phi) is 5.24. The van der Waals surface area contributed by atoms with Crippen molar-refractivity contribution in [3.8, 4) is 17.3 Å². The highest BCUT2D eigenvalue weighted by molar-refractivity contribution is 7.92. The maximum atomic E-state index is 14.5. The lowest BCUT2D eigenvalue weighted by atomic mass is 10.0. The first-order valence-corrected chi connectivity index (χ1v) is 8.93. The molecule has 0 unspecified atom stereocenters. The van der Waals surface area contributed by atoms with Crippen LogP contribution < -0.4 is 21.8 Å². The first-order chi connectivity index (χ1) is 12.8. The highest BCUT2D eigenvalue weighted by Gasteiger charge is 2.40. The van der Waals surface area contributed by atoms with Gasteiger partial charge in [-0.15, -0.1) is 0 Å². The fourth-order valence-corrected chi connectivity index (χ4v) is 2.90. The van der Waals surface area contributed by atoms with Crippen LogP contribution in [0.1, 0.15) is 18.1 Å². The van der Waals surface area contributed by atoms with Crippen molar-refractivity contribution in [1.82, 2.24) is 9.66 Å². The van der Waals surface area contributed by atoms with Gasteiger partial charge in [-0.1, -0.05) is 0 Å². The molecule has 0 radical (unpaired) electrons. The summed E-state index contributed by atoms with van der Waals surface area (Å²) in [5.74, 6) is 3.40. The topological polar surface area (TPSA) is 151 Å². The van der Waals surface area contributed by atoms with Crippen LogP contribution in [0.3, 0.4) is 0 Å². The summed E-state index contributed by atoms with van der Waals surface area (Å²) >= 11 is 0. The molecule has 0 fully saturated rings. The average molecular weight is 421 g/mol. The van der Waals surface area contributed by atoms with Crippen molar-refractivity contribution in [2.75, 3.05) is 16.3 Å². The second-order valence-electron chi connectivity index (χ2n) is 5.35. The summed E-state index contributed by atoms with van der Waals surface area (Å²) < 4.78 is 79.7. The Bertz CT molecular complexity index is 1210. The minimum absolute atomic E-state index is 0.132. The first-order valence-electron chi connectivity index (χ1n) is 7.28. The van der Waals surface area contributed by atoms with Crippen LogP contribution in [0.4, 0.5) is 23.2 Å². The van der Waals surface area contributed by atoms with Gasteiger partial charge in [0.1, 0.15) is 17.4 Å².